The summed E-state index contributed by atoms with van der Waals surface area (Å²) >= 11 is 3.83. The van der Waals surface area contributed by atoms with Crippen molar-refractivity contribution in [2.75, 3.05) is 17.2 Å². The third-order valence-corrected chi connectivity index (χ3v) is 10.2. The van der Waals surface area contributed by atoms with Crippen LogP contribution >= 0.6 is 34.0 Å². The molecule has 0 aliphatic heterocycles. The van der Waals surface area contributed by atoms with Gasteiger partial charge in [0.25, 0.3) is 0 Å². The lowest BCUT2D eigenvalue weighted by Gasteiger charge is -2.07. The number of thiophene rings is 2. The van der Waals surface area contributed by atoms with Crippen LogP contribution < -0.4 is 17.2 Å². The summed E-state index contributed by atoms with van der Waals surface area (Å²) in [6.07, 6.45) is 0. The maximum Gasteiger partial charge on any atom is 0.181 e. The normalized spacial score (nSPS) is 11.0. The van der Waals surface area contributed by atoms with Crippen molar-refractivity contribution in [1.29, 1.82) is 10.5 Å². The maximum absolute atomic E-state index is 13.6. The van der Waals surface area contributed by atoms with E-state index in [1.807, 2.05) is 26.0 Å². The molecule has 3 aromatic carbocycles. The topological polar surface area (TPSA) is 139 Å². The summed E-state index contributed by atoms with van der Waals surface area (Å²) < 4.78 is 29.1. The largest absolute Gasteiger partial charge is 0.389 e. The Labute approximate surface area is 273 Å². The molecule has 6 aromatic rings. The quantitative estimate of drug-likeness (QED) is 0.173. The van der Waals surface area contributed by atoms with Crippen molar-refractivity contribution in [1.82, 2.24) is 4.98 Å². The van der Waals surface area contributed by atoms with Gasteiger partial charge >= 0.3 is 0 Å². The van der Waals surface area contributed by atoms with E-state index in [1.54, 1.807) is 12.1 Å². The number of aromatic nitrogens is 1. The Kier molecular flexibility index (Phi) is 10.3. The van der Waals surface area contributed by atoms with E-state index in [0.717, 1.165) is 32.5 Å². The summed E-state index contributed by atoms with van der Waals surface area (Å²) in [6.45, 7) is 12.4. The fourth-order valence-corrected chi connectivity index (χ4v) is 7.75. The Morgan fingerprint density at radius 1 is 0.644 bits per heavy atom. The van der Waals surface area contributed by atoms with Crippen molar-refractivity contribution in [3.05, 3.63) is 81.9 Å². The van der Waals surface area contributed by atoms with Gasteiger partial charge in [-0.2, -0.15) is 10.5 Å². The lowest BCUT2D eigenvalue weighted by atomic mass is 9.97. The van der Waals surface area contributed by atoms with Gasteiger partial charge in [0.15, 0.2) is 5.13 Å². The van der Waals surface area contributed by atoms with Gasteiger partial charge in [-0.3, -0.25) is 0 Å². The van der Waals surface area contributed by atoms with Crippen LogP contribution in [0.1, 0.15) is 87.1 Å². The average Bonchev–Trinajstić information content (AvgIpc) is 3.65. The molecule has 0 radical (unpaired) electrons. The second kappa shape index (κ2) is 13.8. The number of nitriles is 2. The van der Waals surface area contributed by atoms with Crippen LogP contribution in [0.15, 0.2) is 42.5 Å². The van der Waals surface area contributed by atoms with Crippen molar-refractivity contribution in [3.63, 3.8) is 0 Å². The molecule has 0 aliphatic rings. The Morgan fingerprint density at radius 3 is 1.73 bits per heavy atom. The smallest absolute Gasteiger partial charge is 0.181 e. The molecule has 0 aliphatic carbocycles. The van der Waals surface area contributed by atoms with E-state index in [0.29, 0.717) is 58.4 Å². The minimum atomic E-state index is -0.308. The monoisotopic (exact) mass is 660 g/mol. The van der Waals surface area contributed by atoms with Crippen molar-refractivity contribution < 1.29 is 8.78 Å². The van der Waals surface area contributed by atoms with Gasteiger partial charge in [0.05, 0.1) is 26.0 Å². The van der Waals surface area contributed by atoms with E-state index in [4.69, 9.17) is 27.7 Å². The summed E-state index contributed by atoms with van der Waals surface area (Å²) in [7, 11) is 0. The van der Waals surface area contributed by atoms with Gasteiger partial charge in [-0.05, 0) is 52.6 Å². The molecular formula is C34H34F2N6S3. The molecule has 6 nitrogen and oxygen atoms in total. The third kappa shape index (κ3) is 6.71. The van der Waals surface area contributed by atoms with Crippen LogP contribution in [0.5, 0.6) is 0 Å². The minimum absolute atomic E-state index is 0.237. The first-order valence-electron chi connectivity index (χ1n) is 14.3. The molecule has 0 saturated heterocycles. The van der Waals surface area contributed by atoms with Gasteiger partial charge in [0, 0.05) is 15.5 Å². The number of benzene rings is 3. The van der Waals surface area contributed by atoms with Crippen molar-refractivity contribution in [2.24, 2.45) is 0 Å². The molecule has 0 unspecified atom stereocenters. The Hall–Kier alpha value is -4.29. The molecule has 6 rings (SSSR count). The molecule has 0 amide bonds. The number of rotatable bonds is 3. The number of anilines is 3. The summed E-state index contributed by atoms with van der Waals surface area (Å²) in [6, 6.07) is 16.8. The predicted octanol–water partition coefficient (Wildman–Crippen LogP) is 10.2. The van der Waals surface area contributed by atoms with Crippen LogP contribution in [0.25, 0.3) is 30.4 Å². The summed E-state index contributed by atoms with van der Waals surface area (Å²) in [5.74, 6) is 0.440. The number of halogens is 2. The van der Waals surface area contributed by atoms with Gasteiger partial charge in [-0.1, -0.05) is 77.1 Å². The lowest BCUT2D eigenvalue weighted by molar-refractivity contribution is 0.640. The number of nitrogens with zero attached hydrogens (tertiary/aromatic N) is 3. The van der Waals surface area contributed by atoms with Crippen LogP contribution in [0, 0.1) is 34.3 Å². The van der Waals surface area contributed by atoms with Crippen LogP contribution in [0.3, 0.4) is 0 Å². The first kappa shape index (κ1) is 33.6. The minimum Gasteiger partial charge on any atom is -0.389 e. The molecule has 3 heterocycles. The van der Waals surface area contributed by atoms with Gasteiger partial charge in [0.2, 0.25) is 0 Å². The number of hydrogen-bond donors (Lipinski definition) is 3. The highest BCUT2D eigenvalue weighted by atomic mass is 32.1. The molecule has 0 saturated carbocycles. The van der Waals surface area contributed by atoms with E-state index in [1.165, 1.54) is 40.4 Å². The Balaban J connectivity index is 0.000000154. The van der Waals surface area contributed by atoms with Crippen molar-refractivity contribution >= 4 is 79.5 Å². The van der Waals surface area contributed by atoms with Gasteiger partial charge in [-0.25, -0.2) is 13.8 Å². The van der Waals surface area contributed by atoms with Crippen LogP contribution in [0.2, 0.25) is 0 Å². The molecule has 11 heteroatoms. The molecule has 0 spiro atoms. The van der Waals surface area contributed by atoms with Gasteiger partial charge in [0.1, 0.15) is 33.8 Å². The summed E-state index contributed by atoms with van der Waals surface area (Å²) in [5, 5.41) is 21.3. The molecule has 6 N–H and O–H groups in total. The van der Waals surface area contributed by atoms with Gasteiger partial charge < -0.3 is 17.2 Å². The SMILES string of the molecule is CC(C)c1ccc(F)c2sc(N)c(C#N)c12.CC(C)c1ccc(F)c2sc(N)nc12.CC(C)c1cccc2sc(N)c(C#N)c12. The molecular weight excluding hydrogens is 627 g/mol. The highest BCUT2D eigenvalue weighted by molar-refractivity contribution is 7.23. The molecule has 3 aromatic heterocycles. The van der Waals surface area contributed by atoms with E-state index >= 15 is 0 Å². The fourth-order valence-electron chi connectivity index (χ4n) is 5.07. The first-order chi connectivity index (χ1) is 21.3. The molecule has 0 atom stereocenters. The average molecular weight is 661 g/mol. The number of nitrogen functional groups attached to an aromatic ring is 3. The van der Waals surface area contributed by atoms with E-state index in [-0.39, 0.29) is 17.6 Å². The van der Waals surface area contributed by atoms with Crippen LogP contribution in [0.4, 0.5) is 23.9 Å². The molecule has 232 valence electrons. The summed E-state index contributed by atoms with van der Waals surface area (Å²) in [5.41, 5.74) is 22.1. The standard InChI is InChI=1S/C12H11FN2S.C12H12N2S.C10H11FN2S/c1-6(2)7-3-4-9(13)11-10(7)8(5-14)12(15)16-11;1-7(2)8-4-3-5-10-11(8)9(6-13)12(14)15-10;1-5(2)6-3-4-7(11)9-8(6)13-10(12)14-9/h3-4,6H,15H2,1-2H3;3-5,7H,14H2,1-2H3;3-5H,1-2H3,(H2,12,13). The second-order valence-electron chi connectivity index (χ2n) is 11.3. The second-order valence-corrected chi connectivity index (χ2v) is 14.5. The highest BCUT2D eigenvalue weighted by Crippen LogP contribution is 2.40. The Morgan fingerprint density at radius 2 is 1.16 bits per heavy atom. The molecule has 0 bridgehead atoms. The van der Waals surface area contributed by atoms with E-state index in [9.17, 15) is 8.78 Å². The zero-order valence-electron chi connectivity index (χ0n) is 25.8. The fraction of sp³-hybridized carbons (Fsp3) is 0.265. The highest BCUT2D eigenvalue weighted by Gasteiger charge is 2.18. The van der Waals surface area contributed by atoms with Gasteiger partial charge in [-0.15, -0.1) is 22.7 Å². The molecule has 0 fully saturated rings. The Bertz CT molecular complexity index is 2090. The number of thiazole rings is 1. The first-order valence-corrected chi connectivity index (χ1v) is 16.7. The van der Waals surface area contributed by atoms with Crippen molar-refractivity contribution in [2.45, 2.75) is 59.3 Å². The van der Waals surface area contributed by atoms with Crippen LogP contribution in [-0.4, -0.2) is 4.98 Å². The zero-order chi connectivity index (χ0) is 33.2. The van der Waals surface area contributed by atoms with E-state index in [2.05, 4.69) is 50.9 Å². The predicted molar refractivity (Wildman–Crippen MR) is 188 cm³/mol. The molecule has 45 heavy (non-hydrogen) atoms. The number of fused-ring (bicyclic) bond motifs is 3. The maximum atomic E-state index is 13.6. The lowest BCUT2D eigenvalue weighted by Crippen LogP contribution is -1.91. The number of nitrogens with two attached hydrogens (primary N) is 3. The van der Waals surface area contributed by atoms with Crippen LogP contribution in [-0.2, 0) is 0 Å². The number of hydrogen-bond acceptors (Lipinski definition) is 9. The third-order valence-electron chi connectivity index (χ3n) is 7.26. The summed E-state index contributed by atoms with van der Waals surface area (Å²) in [4.78, 5) is 4.15. The zero-order valence-corrected chi connectivity index (χ0v) is 28.3. The van der Waals surface area contributed by atoms with Crippen molar-refractivity contribution in [3.8, 4) is 12.1 Å². The van der Waals surface area contributed by atoms with E-state index < -0.39 is 0 Å².